The number of hydrazine groups is 1. The molecule has 2 aromatic rings. The lowest BCUT2D eigenvalue weighted by Gasteiger charge is -2.18. The van der Waals surface area contributed by atoms with Crippen LogP contribution >= 0.6 is 39.1 Å². The molecule has 0 aromatic heterocycles. The fourth-order valence-corrected chi connectivity index (χ4v) is 3.29. The highest BCUT2D eigenvalue weighted by molar-refractivity contribution is 9.10. The topological polar surface area (TPSA) is 38.0 Å². The van der Waals surface area contributed by atoms with Gasteiger partial charge in [0.1, 0.15) is 0 Å². The summed E-state index contributed by atoms with van der Waals surface area (Å²) in [6.07, 6.45) is 0.697. The summed E-state index contributed by atoms with van der Waals surface area (Å²) in [6.45, 7) is 2.02. The Kier molecular flexibility index (Phi) is 5.47. The molecule has 5 heteroatoms. The molecular weight excluding hydrogens is 359 g/mol. The number of halogens is 3. The smallest absolute Gasteiger partial charge is 0.0501 e. The predicted molar refractivity (Wildman–Crippen MR) is 89.1 cm³/mol. The normalized spacial score (nSPS) is 12.4. The lowest BCUT2D eigenvalue weighted by atomic mass is 9.99. The molecular formula is C15H15BrCl2N2. The summed E-state index contributed by atoms with van der Waals surface area (Å²) >= 11 is 15.8. The van der Waals surface area contributed by atoms with Crippen LogP contribution in [0, 0.1) is 6.92 Å². The van der Waals surface area contributed by atoms with E-state index in [0.29, 0.717) is 11.4 Å². The van der Waals surface area contributed by atoms with Crippen molar-refractivity contribution in [2.24, 2.45) is 5.84 Å². The first kappa shape index (κ1) is 15.8. The Morgan fingerprint density at radius 1 is 1.20 bits per heavy atom. The lowest BCUT2D eigenvalue weighted by molar-refractivity contribution is 0.552. The van der Waals surface area contributed by atoms with Crippen molar-refractivity contribution in [1.29, 1.82) is 0 Å². The molecule has 0 aliphatic carbocycles. The van der Waals surface area contributed by atoms with Gasteiger partial charge in [0.25, 0.3) is 0 Å². The van der Waals surface area contributed by atoms with Crippen molar-refractivity contribution in [3.05, 3.63) is 67.6 Å². The molecule has 1 atom stereocenters. The van der Waals surface area contributed by atoms with Gasteiger partial charge in [-0.1, -0.05) is 51.3 Å². The molecule has 0 radical (unpaired) electrons. The van der Waals surface area contributed by atoms with Gasteiger partial charge in [-0.05, 0) is 54.3 Å². The van der Waals surface area contributed by atoms with Crippen LogP contribution in [0.1, 0.15) is 22.7 Å². The van der Waals surface area contributed by atoms with Crippen molar-refractivity contribution in [1.82, 2.24) is 5.43 Å². The Hall–Kier alpha value is -0.580. The molecule has 0 spiro atoms. The molecule has 0 amide bonds. The third-order valence-electron chi connectivity index (χ3n) is 3.12. The average Bonchev–Trinajstić information content (AvgIpc) is 2.36. The molecule has 2 aromatic carbocycles. The second-order valence-electron chi connectivity index (χ2n) is 4.72. The van der Waals surface area contributed by atoms with Gasteiger partial charge in [0.15, 0.2) is 0 Å². The fourth-order valence-electron chi connectivity index (χ4n) is 2.09. The van der Waals surface area contributed by atoms with E-state index in [2.05, 4.69) is 21.4 Å². The van der Waals surface area contributed by atoms with Crippen LogP contribution in [0.2, 0.25) is 10.0 Å². The number of rotatable bonds is 4. The van der Waals surface area contributed by atoms with Crippen LogP contribution in [0.15, 0.2) is 40.9 Å². The van der Waals surface area contributed by atoms with Gasteiger partial charge in [-0.25, -0.2) is 0 Å². The van der Waals surface area contributed by atoms with Crippen LogP contribution in [0.3, 0.4) is 0 Å². The molecule has 0 fully saturated rings. The van der Waals surface area contributed by atoms with Gasteiger partial charge < -0.3 is 0 Å². The van der Waals surface area contributed by atoms with Crippen LogP contribution in [0.5, 0.6) is 0 Å². The Labute approximate surface area is 137 Å². The maximum absolute atomic E-state index is 6.28. The highest BCUT2D eigenvalue weighted by Crippen LogP contribution is 2.28. The van der Waals surface area contributed by atoms with Gasteiger partial charge in [-0.2, -0.15) is 0 Å². The van der Waals surface area contributed by atoms with Crippen molar-refractivity contribution < 1.29 is 0 Å². The summed E-state index contributed by atoms with van der Waals surface area (Å²) in [7, 11) is 0. The molecule has 0 aliphatic heterocycles. The highest BCUT2D eigenvalue weighted by Gasteiger charge is 2.14. The van der Waals surface area contributed by atoms with Gasteiger partial charge in [0.05, 0.1) is 6.04 Å². The Morgan fingerprint density at radius 2 is 1.95 bits per heavy atom. The molecule has 0 bridgehead atoms. The first-order valence-corrected chi connectivity index (χ1v) is 7.71. The lowest BCUT2D eigenvalue weighted by Crippen LogP contribution is -2.29. The second-order valence-corrected chi connectivity index (χ2v) is 6.48. The molecule has 0 saturated heterocycles. The monoisotopic (exact) mass is 372 g/mol. The molecule has 0 saturated carbocycles. The number of nitrogens with one attached hydrogen (secondary N) is 1. The minimum Gasteiger partial charge on any atom is -0.271 e. The molecule has 106 valence electrons. The van der Waals surface area contributed by atoms with E-state index >= 15 is 0 Å². The molecule has 1 unspecified atom stereocenters. The number of benzene rings is 2. The van der Waals surface area contributed by atoms with Gasteiger partial charge in [0, 0.05) is 14.5 Å². The van der Waals surface area contributed by atoms with E-state index in [1.54, 1.807) is 0 Å². The molecule has 2 nitrogen and oxygen atoms in total. The van der Waals surface area contributed by atoms with Gasteiger partial charge in [-0.15, -0.1) is 0 Å². The van der Waals surface area contributed by atoms with E-state index < -0.39 is 0 Å². The minimum absolute atomic E-state index is 0.0507. The molecule has 2 rings (SSSR count). The molecule has 0 aliphatic rings. The van der Waals surface area contributed by atoms with E-state index in [1.807, 2.05) is 43.3 Å². The quantitative estimate of drug-likeness (QED) is 0.596. The Bertz CT molecular complexity index is 597. The van der Waals surface area contributed by atoms with Gasteiger partial charge in [-0.3, -0.25) is 11.3 Å². The zero-order chi connectivity index (χ0) is 14.7. The third kappa shape index (κ3) is 3.96. The standard InChI is InChI=1S/C15H15BrCl2N2/c1-9-2-3-10(14(18)4-9)7-15(20-19)11-5-12(16)8-13(17)6-11/h2-6,8,15,20H,7,19H2,1H3. The summed E-state index contributed by atoms with van der Waals surface area (Å²) in [5, 5.41) is 1.43. The summed E-state index contributed by atoms with van der Waals surface area (Å²) in [6, 6.07) is 11.7. The largest absolute Gasteiger partial charge is 0.271 e. The first-order valence-electron chi connectivity index (χ1n) is 6.16. The zero-order valence-corrected chi connectivity index (χ0v) is 14.1. The molecule has 20 heavy (non-hydrogen) atoms. The van der Waals surface area contributed by atoms with E-state index in [9.17, 15) is 0 Å². The fraction of sp³-hybridized carbons (Fsp3) is 0.200. The predicted octanol–water partition coefficient (Wildman–Crippen LogP) is 4.81. The van der Waals surface area contributed by atoms with Crippen LogP contribution in [-0.4, -0.2) is 0 Å². The Morgan fingerprint density at radius 3 is 2.55 bits per heavy atom. The molecule has 3 N–H and O–H groups in total. The van der Waals surface area contributed by atoms with Crippen molar-refractivity contribution in [2.75, 3.05) is 0 Å². The van der Waals surface area contributed by atoms with E-state index in [4.69, 9.17) is 29.0 Å². The van der Waals surface area contributed by atoms with E-state index in [1.165, 1.54) is 0 Å². The third-order valence-corrected chi connectivity index (χ3v) is 4.15. The van der Waals surface area contributed by atoms with Gasteiger partial charge in [0.2, 0.25) is 0 Å². The zero-order valence-electron chi connectivity index (χ0n) is 11.0. The SMILES string of the molecule is Cc1ccc(CC(NN)c2cc(Cl)cc(Br)c2)c(Cl)c1. The summed E-state index contributed by atoms with van der Waals surface area (Å²) in [5.74, 6) is 5.68. The highest BCUT2D eigenvalue weighted by atomic mass is 79.9. The average molecular weight is 374 g/mol. The van der Waals surface area contributed by atoms with Crippen molar-refractivity contribution in [2.45, 2.75) is 19.4 Å². The number of aryl methyl sites for hydroxylation is 1. The minimum atomic E-state index is -0.0507. The van der Waals surface area contributed by atoms with Gasteiger partial charge >= 0.3 is 0 Å². The maximum Gasteiger partial charge on any atom is 0.0501 e. The van der Waals surface area contributed by atoms with Crippen molar-refractivity contribution in [3.8, 4) is 0 Å². The number of hydrogen-bond acceptors (Lipinski definition) is 2. The summed E-state index contributed by atoms with van der Waals surface area (Å²) in [5.41, 5.74) is 6.03. The molecule has 0 heterocycles. The van der Waals surface area contributed by atoms with Crippen LogP contribution in [0.25, 0.3) is 0 Å². The van der Waals surface area contributed by atoms with Crippen LogP contribution < -0.4 is 11.3 Å². The van der Waals surface area contributed by atoms with Crippen molar-refractivity contribution in [3.63, 3.8) is 0 Å². The second kappa shape index (κ2) is 6.92. The number of hydrogen-bond donors (Lipinski definition) is 2. The van der Waals surface area contributed by atoms with E-state index in [-0.39, 0.29) is 6.04 Å². The summed E-state index contributed by atoms with van der Waals surface area (Å²) in [4.78, 5) is 0. The summed E-state index contributed by atoms with van der Waals surface area (Å²) < 4.78 is 0.926. The maximum atomic E-state index is 6.28. The first-order chi connectivity index (χ1) is 9.49. The van der Waals surface area contributed by atoms with E-state index in [0.717, 1.165) is 26.2 Å². The van der Waals surface area contributed by atoms with Crippen LogP contribution in [0.4, 0.5) is 0 Å². The number of nitrogens with two attached hydrogens (primary N) is 1. The van der Waals surface area contributed by atoms with Crippen molar-refractivity contribution >= 4 is 39.1 Å². The van der Waals surface area contributed by atoms with Crippen LogP contribution in [-0.2, 0) is 6.42 Å². The Balaban J connectivity index is 2.28.